The summed E-state index contributed by atoms with van der Waals surface area (Å²) in [6.45, 7) is 4.32. The van der Waals surface area contributed by atoms with Crippen molar-refractivity contribution in [2.45, 2.75) is 32.9 Å². The summed E-state index contributed by atoms with van der Waals surface area (Å²) in [7, 11) is 1.92. The maximum atomic E-state index is 11.3. The Hall–Kier alpha value is -1.59. The topological polar surface area (TPSA) is 67.2 Å². The predicted octanol–water partition coefficient (Wildman–Crippen LogP) is 2.82. The van der Waals surface area contributed by atoms with Crippen molar-refractivity contribution in [3.05, 3.63) is 29.0 Å². The van der Waals surface area contributed by atoms with Crippen molar-refractivity contribution >= 4 is 28.6 Å². The number of fused-ring (bicyclic) bond motifs is 1. The zero-order valence-electron chi connectivity index (χ0n) is 12.4. The van der Waals surface area contributed by atoms with E-state index in [1.807, 2.05) is 43.7 Å². The van der Waals surface area contributed by atoms with E-state index in [1.165, 1.54) is 0 Å². The molecule has 0 aliphatic carbocycles. The Morgan fingerprint density at radius 1 is 1.52 bits per heavy atom. The van der Waals surface area contributed by atoms with Gasteiger partial charge < -0.3 is 9.67 Å². The monoisotopic (exact) mass is 309 g/mol. The van der Waals surface area contributed by atoms with Gasteiger partial charge in [-0.25, -0.2) is 4.98 Å². The largest absolute Gasteiger partial charge is 0.480 e. The maximum absolute atomic E-state index is 11.3. The van der Waals surface area contributed by atoms with Gasteiger partial charge in [-0.15, -0.1) is 0 Å². The van der Waals surface area contributed by atoms with Crippen LogP contribution in [0.4, 0.5) is 0 Å². The van der Waals surface area contributed by atoms with Gasteiger partial charge in [0.25, 0.3) is 0 Å². The molecule has 0 aliphatic heterocycles. The third-order valence-electron chi connectivity index (χ3n) is 3.89. The van der Waals surface area contributed by atoms with Crippen LogP contribution in [0.1, 0.15) is 26.1 Å². The lowest BCUT2D eigenvalue weighted by atomic mass is 9.99. The summed E-state index contributed by atoms with van der Waals surface area (Å²) < 4.78 is 1.95. The lowest BCUT2D eigenvalue weighted by molar-refractivity contribution is -0.140. The summed E-state index contributed by atoms with van der Waals surface area (Å²) in [4.78, 5) is 15.8. The SMILES string of the molecule is CC[C@H](C)[C@H](NCc1nc2cc(Cl)ccc2n1C)C(=O)O. The minimum Gasteiger partial charge on any atom is -0.480 e. The highest BCUT2D eigenvalue weighted by molar-refractivity contribution is 6.31. The first kappa shape index (κ1) is 15.8. The first-order valence-corrected chi connectivity index (χ1v) is 7.38. The van der Waals surface area contributed by atoms with Crippen molar-refractivity contribution in [1.29, 1.82) is 0 Å². The molecule has 0 amide bonds. The molecule has 2 atom stereocenters. The van der Waals surface area contributed by atoms with Crippen molar-refractivity contribution in [3.63, 3.8) is 0 Å². The van der Waals surface area contributed by atoms with Crippen molar-refractivity contribution in [1.82, 2.24) is 14.9 Å². The number of aryl methyl sites for hydroxylation is 1. The highest BCUT2D eigenvalue weighted by atomic mass is 35.5. The molecule has 1 aromatic heterocycles. The molecule has 2 rings (SSSR count). The van der Waals surface area contributed by atoms with Crippen molar-refractivity contribution in [2.75, 3.05) is 0 Å². The highest BCUT2D eigenvalue weighted by Gasteiger charge is 2.23. The summed E-state index contributed by atoms with van der Waals surface area (Å²) >= 11 is 5.97. The molecule has 6 heteroatoms. The zero-order valence-corrected chi connectivity index (χ0v) is 13.2. The average molecular weight is 310 g/mol. The number of aliphatic carboxylic acids is 1. The molecule has 0 unspecified atom stereocenters. The van der Waals surface area contributed by atoms with Crippen LogP contribution < -0.4 is 5.32 Å². The Labute approximate surface area is 128 Å². The van der Waals surface area contributed by atoms with Gasteiger partial charge in [-0.05, 0) is 24.1 Å². The van der Waals surface area contributed by atoms with Gasteiger partial charge in [-0.2, -0.15) is 0 Å². The van der Waals surface area contributed by atoms with Crippen LogP contribution in [0.2, 0.25) is 5.02 Å². The highest BCUT2D eigenvalue weighted by Crippen LogP contribution is 2.19. The molecular formula is C15H20ClN3O2. The molecule has 1 aromatic carbocycles. The molecule has 21 heavy (non-hydrogen) atoms. The fourth-order valence-corrected chi connectivity index (χ4v) is 2.52. The first-order chi connectivity index (χ1) is 9.93. The Bertz CT molecular complexity index is 654. The van der Waals surface area contributed by atoms with E-state index >= 15 is 0 Å². The molecule has 0 saturated carbocycles. The second-order valence-electron chi connectivity index (χ2n) is 5.30. The number of carboxylic acids is 1. The molecule has 0 bridgehead atoms. The lowest BCUT2D eigenvalue weighted by Gasteiger charge is -2.19. The minimum atomic E-state index is -0.828. The molecule has 0 aliphatic rings. The number of hydrogen-bond acceptors (Lipinski definition) is 3. The van der Waals surface area contributed by atoms with E-state index in [0.29, 0.717) is 11.6 Å². The molecule has 2 aromatic rings. The molecule has 0 radical (unpaired) electrons. The second kappa shape index (κ2) is 6.45. The molecule has 114 valence electrons. The Kier molecular flexibility index (Phi) is 4.85. The maximum Gasteiger partial charge on any atom is 0.320 e. The molecule has 1 heterocycles. The molecule has 0 spiro atoms. The van der Waals surface area contributed by atoms with Crippen molar-refractivity contribution in [2.24, 2.45) is 13.0 Å². The molecule has 5 nitrogen and oxygen atoms in total. The number of benzene rings is 1. The summed E-state index contributed by atoms with van der Waals surface area (Å²) in [6.07, 6.45) is 0.808. The van der Waals surface area contributed by atoms with Gasteiger partial charge in [0, 0.05) is 12.1 Å². The van der Waals surface area contributed by atoms with E-state index in [9.17, 15) is 9.90 Å². The van der Waals surface area contributed by atoms with Gasteiger partial charge in [-0.1, -0.05) is 31.9 Å². The molecule has 0 fully saturated rings. The Morgan fingerprint density at radius 3 is 2.86 bits per heavy atom. The number of imidazole rings is 1. The van der Waals surface area contributed by atoms with Gasteiger partial charge >= 0.3 is 5.97 Å². The number of aromatic nitrogens is 2. The van der Waals surface area contributed by atoms with Crippen LogP contribution in [0.25, 0.3) is 11.0 Å². The number of nitrogens with one attached hydrogen (secondary N) is 1. The normalized spacial score (nSPS) is 14.3. The van der Waals surface area contributed by atoms with E-state index in [1.54, 1.807) is 0 Å². The van der Waals surface area contributed by atoms with Gasteiger partial charge in [0.1, 0.15) is 11.9 Å². The van der Waals surface area contributed by atoms with E-state index in [2.05, 4.69) is 10.3 Å². The summed E-state index contributed by atoms with van der Waals surface area (Å²) in [5.74, 6) is 0.0274. The molecular weight excluding hydrogens is 290 g/mol. The van der Waals surface area contributed by atoms with Crippen LogP contribution in [-0.4, -0.2) is 26.7 Å². The Balaban J connectivity index is 2.19. The van der Waals surface area contributed by atoms with Gasteiger partial charge in [0.2, 0.25) is 0 Å². The van der Waals surface area contributed by atoms with Crippen LogP contribution in [-0.2, 0) is 18.4 Å². The number of rotatable bonds is 6. The fraction of sp³-hybridized carbons (Fsp3) is 0.467. The van der Waals surface area contributed by atoms with Crippen molar-refractivity contribution in [3.8, 4) is 0 Å². The number of nitrogens with zero attached hydrogens (tertiary/aromatic N) is 2. The quantitative estimate of drug-likeness (QED) is 0.861. The third kappa shape index (κ3) is 3.36. The van der Waals surface area contributed by atoms with Crippen LogP contribution in [0.15, 0.2) is 18.2 Å². The standard InChI is InChI=1S/C15H20ClN3O2/c1-4-9(2)14(15(20)21)17-8-13-18-11-7-10(16)5-6-12(11)19(13)3/h5-7,9,14,17H,4,8H2,1-3H3,(H,20,21)/t9-,14-/m0/s1. The van der Waals surface area contributed by atoms with Gasteiger partial charge in [0.15, 0.2) is 0 Å². The summed E-state index contributed by atoms with van der Waals surface area (Å²) in [6, 6.07) is 4.97. The number of carboxylic acid groups (broad SMARTS) is 1. The summed E-state index contributed by atoms with van der Waals surface area (Å²) in [5, 5.41) is 13.0. The van der Waals surface area contributed by atoms with Crippen LogP contribution in [0.3, 0.4) is 0 Å². The van der Waals surface area contributed by atoms with Gasteiger partial charge in [-0.3, -0.25) is 10.1 Å². The predicted molar refractivity (Wildman–Crippen MR) is 83.4 cm³/mol. The van der Waals surface area contributed by atoms with Crippen LogP contribution in [0, 0.1) is 5.92 Å². The molecule has 2 N–H and O–H groups in total. The van der Waals surface area contributed by atoms with E-state index in [4.69, 9.17) is 11.6 Å². The first-order valence-electron chi connectivity index (χ1n) is 7.01. The minimum absolute atomic E-state index is 0.0617. The lowest BCUT2D eigenvalue weighted by Crippen LogP contribution is -2.41. The van der Waals surface area contributed by atoms with E-state index in [0.717, 1.165) is 23.3 Å². The number of hydrogen-bond donors (Lipinski definition) is 2. The zero-order chi connectivity index (χ0) is 15.6. The Morgan fingerprint density at radius 2 is 2.24 bits per heavy atom. The summed E-state index contributed by atoms with van der Waals surface area (Å²) in [5.41, 5.74) is 1.80. The van der Waals surface area contributed by atoms with Gasteiger partial charge in [0.05, 0.1) is 17.6 Å². The average Bonchev–Trinajstić information content (AvgIpc) is 2.74. The molecule has 0 saturated heterocycles. The van der Waals surface area contributed by atoms with Crippen LogP contribution in [0.5, 0.6) is 0 Å². The van der Waals surface area contributed by atoms with E-state index < -0.39 is 12.0 Å². The fourth-order valence-electron chi connectivity index (χ4n) is 2.35. The smallest absolute Gasteiger partial charge is 0.320 e. The van der Waals surface area contributed by atoms with Crippen molar-refractivity contribution < 1.29 is 9.90 Å². The van der Waals surface area contributed by atoms with Crippen LogP contribution >= 0.6 is 11.6 Å². The van der Waals surface area contributed by atoms with E-state index in [-0.39, 0.29) is 5.92 Å². The number of carbonyl (C=O) groups is 1. The third-order valence-corrected chi connectivity index (χ3v) is 4.13. The number of halogens is 1. The second-order valence-corrected chi connectivity index (χ2v) is 5.74.